The van der Waals surface area contributed by atoms with Gasteiger partial charge in [-0.05, 0) is 24.6 Å². The number of sulfonamides is 1. The monoisotopic (exact) mass is 327 g/mol. The number of nitriles is 1. The quantitative estimate of drug-likeness (QED) is 0.765. The van der Waals surface area contributed by atoms with Gasteiger partial charge in [0.15, 0.2) is 5.69 Å². The van der Waals surface area contributed by atoms with Crippen molar-refractivity contribution in [2.24, 2.45) is 0 Å². The van der Waals surface area contributed by atoms with Crippen molar-refractivity contribution in [2.45, 2.75) is 18.4 Å². The maximum Gasteiger partial charge on any atom is 0.246 e. The zero-order valence-electron chi connectivity index (χ0n) is 12.8. The summed E-state index contributed by atoms with van der Waals surface area (Å²) in [6.07, 6.45) is 1.40. The van der Waals surface area contributed by atoms with Crippen molar-refractivity contribution in [1.29, 1.82) is 5.26 Å². The molecular weight excluding hydrogens is 310 g/mol. The van der Waals surface area contributed by atoms with E-state index in [2.05, 4.69) is 11.6 Å². The van der Waals surface area contributed by atoms with Crippen LogP contribution in [0.4, 0.5) is 0 Å². The van der Waals surface area contributed by atoms with Gasteiger partial charge in [0.05, 0.1) is 0 Å². The van der Waals surface area contributed by atoms with Gasteiger partial charge in [0.1, 0.15) is 11.0 Å². The Bertz CT molecular complexity index is 840. The number of hydrogen-bond acceptors (Lipinski definition) is 4. The highest BCUT2D eigenvalue weighted by Crippen LogP contribution is 2.21. The van der Waals surface area contributed by atoms with Gasteiger partial charge in [-0.1, -0.05) is 42.5 Å². The Labute approximate surface area is 136 Å². The number of nitrogens with zero attached hydrogens (tertiary/aromatic N) is 3. The van der Waals surface area contributed by atoms with Crippen molar-refractivity contribution >= 4 is 10.0 Å². The minimum atomic E-state index is -3.85. The molecule has 0 unspecified atom stereocenters. The lowest BCUT2D eigenvalue weighted by Gasteiger charge is -2.22. The van der Waals surface area contributed by atoms with Crippen LogP contribution in [0.2, 0.25) is 0 Å². The van der Waals surface area contributed by atoms with Crippen LogP contribution in [0.15, 0.2) is 65.7 Å². The summed E-state index contributed by atoms with van der Waals surface area (Å²) in [4.78, 5) is 3.76. The maximum absolute atomic E-state index is 12.9. The zero-order chi connectivity index (χ0) is 16.9. The second-order valence-corrected chi connectivity index (χ2v) is 7.08. The Kier molecular flexibility index (Phi) is 5.27. The third-order valence-electron chi connectivity index (χ3n) is 3.14. The molecule has 0 aliphatic carbocycles. The molecule has 0 saturated heterocycles. The standard InChI is InChI=1S/C17H17N3O2S/c1-14(2)12-20(13-15-7-4-3-5-8-15)23(21,22)17-9-6-10-19-16(17)11-18/h3-10H,1,12-13H2,2H3. The van der Waals surface area contributed by atoms with Gasteiger partial charge in [-0.25, -0.2) is 13.4 Å². The molecule has 0 spiro atoms. The van der Waals surface area contributed by atoms with Gasteiger partial charge in [0.2, 0.25) is 10.0 Å². The second kappa shape index (κ2) is 7.18. The first-order chi connectivity index (χ1) is 10.9. The normalized spacial score (nSPS) is 11.2. The number of rotatable bonds is 6. The van der Waals surface area contributed by atoms with Gasteiger partial charge in [-0.15, -0.1) is 0 Å². The van der Waals surface area contributed by atoms with Crippen molar-refractivity contribution in [2.75, 3.05) is 6.54 Å². The third-order valence-corrected chi connectivity index (χ3v) is 4.97. The summed E-state index contributed by atoms with van der Waals surface area (Å²) >= 11 is 0. The molecule has 0 atom stereocenters. The number of hydrogen-bond donors (Lipinski definition) is 0. The number of aromatic nitrogens is 1. The van der Waals surface area contributed by atoms with Crippen LogP contribution in [0.3, 0.4) is 0 Å². The van der Waals surface area contributed by atoms with Crippen LogP contribution in [0, 0.1) is 11.3 Å². The maximum atomic E-state index is 12.9. The Morgan fingerprint density at radius 1 is 1.26 bits per heavy atom. The van der Waals surface area contributed by atoms with E-state index in [0.717, 1.165) is 5.56 Å². The van der Waals surface area contributed by atoms with Crippen molar-refractivity contribution in [3.05, 3.63) is 72.1 Å². The minimum Gasteiger partial charge on any atom is -0.244 e. The molecule has 0 saturated carbocycles. The molecule has 0 N–H and O–H groups in total. The molecule has 2 rings (SSSR count). The fourth-order valence-corrected chi connectivity index (χ4v) is 3.72. The third kappa shape index (κ3) is 4.03. The number of pyridine rings is 1. The molecule has 5 nitrogen and oxygen atoms in total. The van der Waals surface area contributed by atoms with E-state index in [1.54, 1.807) is 6.92 Å². The van der Waals surface area contributed by atoms with Crippen LogP contribution in [0.5, 0.6) is 0 Å². The van der Waals surface area contributed by atoms with E-state index in [4.69, 9.17) is 5.26 Å². The highest BCUT2D eigenvalue weighted by molar-refractivity contribution is 7.89. The van der Waals surface area contributed by atoms with E-state index in [-0.39, 0.29) is 23.7 Å². The lowest BCUT2D eigenvalue weighted by Crippen LogP contribution is -2.32. The number of benzene rings is 1. The molecule has 0 aliphatic heterocycles. The van der Waals surface area contributed by atoms with Crippen molar-refractivity contribution in [1.82, 2.24) is 9.29 Å². The average Bonchev–Trinajstić information content (AvgIpc) is 2.54. The Balaban J connectivity index is 2.45. The Morgan fingerprint density at radius 2 is 1.96 bits per heavy atom. The first kappa shape index (κ1) is 16.9. The topological polar surface area (TPSA) is 74.1 Å². The van der Waals surface area contributed by atoms with Gasteiger partial charge in [-0.3, -0.25) is 0 Å². The molecule has 0 amide bonds. The Hall–Kier alpha value is -2.49. The highest BCUT2D eigenvalue weighted by atomic mass is 32.2. The van der Waals surface area contributed by atoms with Gasteiger partial charge in [0, 0.05) is 19.3 Å². The molecule has 0 fully saturated rings. The largest absolute Gasteiger partial charge is 0.246 e. The van der Waals surface area contributed by atoms with E-state index in [1.165, 1.54) is 22.6 Å². The molecule has 0 aliphatic rings. The summed E-state index contributed by atoms with van der Waals surface area (Å²) in [5.41, 5.74) is 1.47. The van der Waals surface area contributed by atoms with Crippen molar-refractivity contribution < 1.29 is 8.42 Å². The minimum absolute atomic E-state index is 0.0836. The summed E-state index contributed by atoms with van der Waals surface area (Å²) in [5, 5.41) is 9.12. The zero-order valence-corrected chi connectivity index (χ0v) is 13.6. The SMILES string of the molecule is C=C(C)CN(Cc1ccccc1)S(=O)(=O)c1cccnc1C#N. The highest BCUT2D eigenvalue weighted by Gasteiger charge is 2.27. The molecule has 118 valence electrons. The first-order valence-corrected chi connectivity index (χ1v) is 8.42. The molecule has 0 bridgehead atoms. The van der Waals surface area contributed by atoms with E-state index in [0.29, 0.717) is 5.57 Å². The molecule has 2 aromatic rings. The van der Waals surface area contributed by atoms with E-state index >= 15 is 0 Å². The molecule has 1 aromatic heterocycles. The van der Waals surface area contributed by atoms with Crippen molar-refractivity contribution in [3.63, 3.8) is 0 Å². The van der Waals surface area contributed by atoms with Gasteiger partial charge >= 0.3 is 0 Å². The van der Waals surface area contributed by atoms with E-state index < -0.39 is 10.0 Å². The summed E-state index contributed by atoms with van der Waals surface area (Å²) in [6, 6.07) is 14.0. The predicted molar refractivity (Wildman–Crippen MR) is 87.8 cm³/mol. The predicted octanol–water partition coefficient (Wildman–Crippen LogP) is 2.72. The molecule has 1 aromatic carbocycles. The summed E-state index contributed by atoms with van der Waals surface area (Å²) < 4.78 is 27.2. The molecule has 23 heavy (non-hydrogen) atoms. The van der Waals surface area contributed by atoms with Crippen LogP contribution in [-0.2, 0) is 16.6 Å². The van der Waals surface area contributed by atoms with Crippen molar-refractivity contribution in [3.8, 4) is 6.07 Å². The van der Waals surface area contributed by atoms with Crippen LogP contribution < -0.4 is 0 Å². The molecular formula is C17H17N3O2S. The second-order valence-electron chi connectivity index (χ2n) is 5.18. The first-order valence-electron chi connectivity index (χ1n) is 6.98. The molecule has 1 heterocycles. The smallest absolute Gasteiger partial charge is 0.244 e. The molecule has 6 heteroatoms. The van der Waals surface area contributed by atoms with E-state index in [9.17, 15) is 8.42 Å². The summed E-state index contributed by atoms with van der Waals surface area (Å²) in [7, 11) is -3.85. The van der Waals surface area contributed by atoms with E-state index in [1.807, 2.05) is 36.4 Å². The fraction of sp³-hybridized carbons (Fsp3) is 0.176. The van der Waals surface area contributed by atoms with Crippen LogP contribution in [-0.4, -0.2) is 24.3 Å². The summed E-state index contributed by atoms with van der Waals surface area (Å²) in [5.74, 6) is 0. The Morgan fingerprint density at radius 3 is 2.57 bits per heavy atom. The lowest BCUT2D eigenvalue weighted by molar-refractivity contribution is 0.431. The van der Waals surface area contributed by atoms with Gasteiger partial charge in [0.25, 0.3) is 0 Å². The summed E-state index contributed by atoms with van der Waals surface area (Å²) in [6.45, 7) is 5.95. The van der Waals surface area contributed by atoms with Crippen LogP contribution in [0.25, 0.3) is 0 Å². The van der Waals surface area contributed by atoms with Crippen LogP contribution >= 0.6 is 0 Å². The molecule has 0 radical (unpaired) electrons. The fourth-order valence-electron chi connectivity index (χ4n) is 2.14. The average molecular weight is 327 g/mol. The van der Waals surface area contributed by atoms with Crippen LogP contribution in [0.1, 0.15) is 18.2 Å². The lowest BCUT2D eigenvalue weighted by atomic mass is 10.2. The van der Waals surface area contributed by atoms with Gasteiger partial charge in [-0.2, -0.15) is 9.57 Å². The van der Waals surface area contributed by atoms with Gasteiger partial charge < -0.3 is 0 Å².